The second-order valence-corrected chi connectivity index (χ2v) is 3.79. The first kappa shape index (κ1) is 9.71. The average molecular weight is 198 g/mol. The highest BCUT2D eigenvalue weighted by Crippen LogP contribution is 2.23. The normalized spacial score (nSPS) is 10.3. The van der Waals surface area contributed by atoms with Gasteiger partial charge in [0.25, 0.3) is 0 Å². The Morgan fingerprint density at radius 3 is 2.47 bits per heavy atom. The molecule has 76 valence electrons. The average Bonchev–Trinajstić information content (AvgIpc) is 2.20. The topological polar surface area (TPSA) is 38.9 Å². The lowest BCUT2D eigenvalue weighted by molar-refractivity contribution is 1.32. The summed E-state index contributed by atoms with van der Waals surface area (Å²) < 4.78 is 0. The molecule has 0 aliphatic heterocycles. The summed E-state index contributed by atoms with van der Waals surface area (Å²) in [5.41, 5.74) is 10.4. The van der Waals surface area contributed by atoms with Gasteiger partial charge in [-0.3, -0.25) is 0 Å². The Balaban J connectivity index is 2.49. The Morgan fingerprint density at radius 2 is 1.87 bits per heavy atom. The van der Waals surface area contributed by atoms with Crippen molar-refractivity contribution in [1.82, 2.24) is 4.98 Å². The monoisotopic (exact) mass is 198 g/mol. The van der Waals surface area contributed by atoms with Crippen LogP contribution in [0.3, 0.4) is 0 Å². The zero-order chi connectivity index (χ0) is 10.8. The third kappa shape index (κ3) is 1.99. The molecule has 0 aliphatic rings. The van der Waals surface area contributed by atoms with Crippen molar-refractivity contribution < 1.29 is 0 Å². The van der Waals surface area contributed by atoms with Crippen LogP contribution in [-0.4, -0.2) is 4.98 Å². The van der Waals surface area contributed by atoms with E-state index < -0.39 is 0 Å². The number of hydrogen-bond acceptors (Lipinski definition) is 2. The summed E-state index contributed by atoms with van der Waals surface area (Å²) in [7, 11) is 0. The number of rotatable bonds is 1. The lowest BCUT2D eigenvalue weighted by atomic mass is 10.0. The fourth-order valence-electron chi connectivity index (χ4n) is 1.70. The van der Waals surface area contributed by atoms with Gasteiger partial charge in [-0.1, -0.05) is 23.8 Å². The van der Waals surface area contributed by atoms with E-state index in [0.29, 0.717) is 5.82 Å². The highest BCUT2D eigenvalue weighted by Gasteiger charge is 2.01. The molecule has 2 heteroatoms. The van der Waals surface area contributed by atoms with Gasteiger partial charge in [0.15, 0.2) is 0 Å². The molecule has 0 amide bonds. The molecular formula is C13H14N2. The van der Waals surface area contributed by atoms with Gasteiger partial charge in [-0.2, -0.15) is 0 Å². The molecule has 0 saturated heterocycles. The fourth-order valence-corrected chi connectivity index (χ4v) is 1.70. The van der Waals surface area contributed by atoms with Crippen LogP contribution >= 0.6 is 0 Å². The first-order valence-corrected chi connectivity index (χ1v) is 4.96. The summed E-state index contributed by atoms with van der Waals surface area (Å²) in [4.78, 5) is 4.10. The van der Waals surface area contributed by atoms with Crippen molar-refractivity contribution in [3.05, 3.63) is 47.7 Å². The van der Waals surface area contributed by atoms with Crippen molar-refractivity contribution in [1.29, 1.82) is 0 Å². The molecule has 2 N–H and O–H groups in total. The quantitative estimate of drug-likeness (QED) is 0.765. The minimum atomic E-state index is 0.559. The Bertz CT molecular complexity index is 472. The van der Waals surface area contributed by atoms with E-state index in [2.05, 4.69) is 37.0 Å². The predicted octanol–water partition coefficient (Wildman–Crippen LogP) is 2.95. The van der Waals surface area contributed by atoms with E-state index in [0.717, 1.165) is 5.56 Å². The summed E-state index contributed by atoms with van der Waals surface area (Å²) in [5, 5.41) is 0. The molecule has 0 atom stereocenters. The van der Waals surface area contributed by atoms with E-state index in [4.69, 9.17) is 5.73 Å². The first-order valence-electron chi connectivity index (χ1n) is 4.96. The van der Waals surface area contributed by atoms with Crippen LogP contribution in [0, 0.1) is 13.8 Å². The maximum absolute atomic E-state index is 5.56. The van der Waals surface area contributed by atoms with Crippen LogP contribution in [0.1, 0.15) is 11.1 Å². The van der Waals surface area contributed by atoms with Crippen molar-refractivity contribution in [3.8, 4) is 11.1 Å². The maximum atomic E-state index is 5.56. The summed E-state index contributed by atoms with van der Waals surface area (Å²) in [6.07, 6.45) is 1.81. The van der Waals surface area contributed by atoms with Crippen molar-refractivity contribution in [2.45, 2.75) is 13.8 Å². The number of nitrogens with two attached hydrogens (primary N) is 1. The molecule has 0 spiro atoms. The summed E-state index contributed by atoms with van der Waals surface area (Å²) in [6.45, 7) is 4.21. The molecule has 0 fully saturated rings. The van der Waals surface area contributed by atoms with Gasteiger partial charge < -0.3 is 5.73 Å². The Kier molecular flexibility index (Phi) is 2.42. The standard InChI is InChI=1S/C13H14N2/c1-9-3-5-12(10(2)7-9)11-4-6-13(14)15-8-11/h3-8H,1-2H3,(H2,14,15). The van der Waals surface area contributed by atoms with Crippen LogP contribution in [0.5, 0.6) is 0 Å². The van der Waals surface area contributed by atoms with Crippen molar-refractivity contribution in [2.75, 3.05) is 5.73 Å². The number of nitrogen functional groups attached to an aromatic ring is 1. The Morgan fingerprint density at radius 1 is 1.07 bits per heavy atom. The molecule has 0 bridgehead atoms. The molecule has 0 saturated carbocycles. The fraction of sp³-hybridized carbons (Fsp3) is 0.154. The largest absolute Gasteiger partial charge is 0.384 e. The summed E-state index contributed by atoms with van der Waals surface area (Å²) in [5.74, 6) is 0.559. The van der Waals surface area contributed by atoms with Gasteiger partial charge in [0.05, 0.1) is 0 Å². The van der Waals surface area contributed by atoms with Crippen LogP contribution in [0.25, 0.3) is 11.1 Å². The number of anilines is 1. The molecule has 1 heterocycles. The van der Waals surface area contributed by atoms with Crippen molar-refractivity contribution in [3.63, 3.8) is 0 Å². The molecule has 0 aliphatic carbocycles. The molecule has 1 aromatic heterocycles. The summed E-state index contributed by atoms with van der Waals surface area (Å²) >= 11 is 0. The molecule has 0 unspecified atom stereocenters. The zero-order valence-electron chi connectivity index (χ0n) is 8.99. The van der Waals surface area contributed by atoms with E-state index >= 15 is 0 Å². The molecule has 15 heavy (non-hydrogen) atoms. The van der Waals surface area contributed by atoms with E-state index in [1.807, 2.05) is 18.3 Å². The SMILES string of the molecule is Cc1ccc(-c2ccc(N)nc2)c(C)c1. The van der Waals surface area contributed by atoms with Crippen LogP contribution in [-0.2, 0) is 0 Å². The van der Waals surface area contributed by atoms with E-state index in [1.165, 1.54) is 16.7 Å². The summed E-state index contributed by atoms with van der Waals surface area (Å²) in [6, 6.07) is 10.2. The lowest BCUT2D eigenvalue weighted by Gasteiger charge is -2.06. The number of aryl methyl sites for hydroxylation is 2. The third-order valence-corrected chi connectivity index (χ3v) is 2.48. The number of hydrogen-bond donors (Lipinski definition) is 1. The molecule has 2 nitrogen and oxygen atoms in total. The molecule has 0 radical (unpaired) electrons. The Hall–Kier alpha value is -1.83. The molecular weight excluding hydrogens is 184 g/mol. The number of pyridine rings is 1. The van der Waals surface area contributed by atoms with Crippen LogP contribution in [0.4, 0.5) is 5.82 Å². The highest BCUT2D eigenvalue weighted by molar-refractivity contribution is 5.67. The minimum absolute atomic E-state index is 0.559. The molecule has 1 aromatic carbocycles. The van der Waals surface area contributed by atoms with Crippen molar-refractivity contribution >= 4 is 5.82 Å². The van der Waals surface area contributed by atoms with Crippen LogP contribution < -0.4 is 5.73 Å². The first-order chi connectivity index (χ1) is 7.16. The third-order valence-electron chi connectivity index (χ3n) is 2.48. The highest BCUT2D eigenvalue weighted by atomic mass is 14.8. The maximum Gasteiger partial charge on any atom is 0.123 e. The van der Waals surface area contributed by atoms with Gasteiger partial charge in [0.1, 0.15) is 5.82 Å². The number of nitrogens with zero attached hydrogens (tertiary/aromatic N) is 1. The molecule has 2 rings (SSSR count). The van der Waals surface area contributed by atoms with Gasteiger partial charge in [-0.25, -0.2) is 4.98 Å². The van der Waals surface area contributed by atoms with Crippen molar-refractivity contribution in [2.24, 2.45) is 0 Å². The number of aromatic nitrogens is 1. The van der Waals surface area contributed by atoms with E-state index in [1.54, 1.807) is 0 Å². The van der Waals surface area contributed by atoms with Gasteiger partial charge in [-0.15, -0.1) is 0 Å². The van der Waals surface area contributed by atoms with Crippen LogP contribution in [0.15, 0.2) is 36.5 Å². The second-order valence-electron chi connectivity index (χ2n) is 3.79. The smallest absolute Gasteiger partial charge is 0.123 e. The Labute approximate surface area is 89.8 Å². The van der Waals surface area contributed by atoms with Gasteiger partial charge >= 0.3 is 0 Å². The lowest BCUT2D eigenvalue weighted by Crippen LogP contribution is -1.90. The van der Waals surface area contributed by atoms with E-state index in [-0.39, 0.29) is 0 Å². The molecule has 2 aromatic rings. The second kappa shape index (κ2) is 3.73. The van der Waals surface area contributed by atoms with Gasteiger partial charge in [0.2, 0.25) is 0 Å². The van der Waals surface area contributed by atoms with Gasteiger partial charge in [-0.05, 0) is 37.1 Å². The van der Waals surface area contributed by atoms with Gasteiger partial charge in [0, 0.05) is 11.8 Å². The van der Waals surface area contributed by atoms with Crippen LogP contribution in [0.2, 0.25) is 0 Å². The number of benzene rings is 1. The minimum Gasteiger partial charge on any atom is -0.384 e. The predicted molar refractivity (Wildman–Crippen MR) is 63.6 cm³/mol. The zero-order valence-corrected chi connectivity index (χ0v) is 8.99. The van der Waals surface area contributed by atoms with E-state index in [9.17, 15) is 0 Å².